The first-order valence-electron chi connectivity index (χ1n) is 17.6. The Balaban J connectivity index is 1.65. The van der Waals surface area contributed by atoms with Crippen molar-refractivity contribution in [2.45, 2.75) is 112 Å². The zero-order chi connectivity index (χ0) is 41.1. The van der Waals surface area contributed by atoms with Gasteiger partial charge in [-0.1, -0.05) is 81.4 Å². The summed E-state index contributed by atoms with van der Waals surface area (Å²) in [7, 11) is -11.8. The number of benzene rings is 2. The van der Waals surface area contributed by atoms with Crippen molar-refractivity contribution in [3.05, 3.63) is 72.3 Å². The van der Waals surface area contributed by atoms with Crippen molar-refractivity contribution in [3.8, 4) is 0 Å². The lowest BCUT2D eigenvalue weighted by atomic mass is 10.0. The lowest BCUT2D eigenvalue weighted by molar-refractivity contribution is -0.186. The number of esters is 3. The molecule has 0 saturated heterocycles. The minimum Gasteiger partial charge on any atom is -0.451 e. The summed E-state index contributed by atoms with van der Waals surface area (Å²) in [6.07, 6.45) is -5.20. The molecule has 14 nitrogen and oxygen atoms in total. The number of hydrogen-bond donors (Lipinski definition) is 1. The summed E-state index contributed by atoms with van der Waals surface area (Å²) in [4.78, 5) is 50.8. The highest BCUT2D eigenvalue weighted by Crippen LogP contribution is 2.46. The first kappa shape index (κ1) is 43.6. The molecule has 0 spiro atoms. The van der Waals surface area contributed by atoms with Gasteiger partial charge >= 0.3 is 24.0 Å². The topological polar surface area (TPSA) is 189 Å². The van der Waals surface area contributed by atoms with Gasteiger partial charge in [0.05, 0.1) is 11.3 Å². The van der Waals surface area contributed by atoms with Crippen LogP contribution in [0, 0.1) is 0 Å². The maximum absolute atomic E-state index is 14.6. The molecule has 300 valence electrons. The summed E-state index contributed by atoms with van der Waals surface area (Å²) >= 11 is 0.640. The molecule has 1 amide bonds. The molecule has 0 radical (unpaired) electrons. The Kier molecular flexibility index (Phi) is 13.4. The van der Waals surface area contributed by atoms with Gasteiger partial charge in [-0.15, -0.1) is 11.3 Å². The first-order valence-corrected chi connectivity index (χ1v) is 23.5. The number of sulfone groups is 1. The minimum atomic E-state index is -4.38. The Bertz CT molecular complexity index is 2060. The Morgan fingerprint density at radius 3 is 1.89 bits per heavy atom. The van der Waals surface area contributed by atoms with Crippen LogP contribution in [0.5, 0.6) is 0 Å². The van der Waals surface area contributed by atoms with E-state index in [-0.39, 0.29) is 26.9 Å². The van der Waals surface area contributed by atoms with Crippen LogP contribution in [0.2, 0.25) is 5.04 Å². The second-order valence-electron chi connectivity index (χ2n) is 14.3. The molecule has 0 bridgehead atoms. The molecule has 2 aromatic carbocycles. The number of rotatable bonds is 13. The van der Waals surface area contributed by atoms with Gasteiger partial charge in [-0.25, -0.2) is 35.6 Å². The van der Waals surface area contributed by atoms with Crippen molar-refractivity contribution in [1.82, 2.24) is 9.29 Å². The standard InChI is InChI=1S/C37H48N2O12S3Si/c1-10-39(36(43)51-27(6)50-34(42)25(4)49-33(41)24(3)48-26(5)40)31-21-23(2)53(44,45)35-30(31)22-32(52-35)54(46,47)38-55(37(7,8)9,28-17-13-11-14-18-28)29-19-15-12-16-20-29/h11-20,22-25,27,31,38H,10,21H2,1-9H3/t23-,24-,25-,27?,31-/m0/s1. The lowest BCUT2D eigenvalue weighted by Crippen LogP contribution is -2.74. The van der Waals surface area contributed by atoms with E-state index >= 15 is 0 Å². The average molecular weight is 837 g/mol. The predicted molar refractivity (Wildman–Crippen MR) is 207 cm³/mol. The number of fused-ring (bicyclic) bond motifs is 1. The highest BCUT2D eigenvalue weighted by molar-refractivity contribution is 7.96. The van der Waals surface area contributed by atoms with Gasteiger partial charge in [0.1, 0.15) is 8.42 Å². The zero-order valence-corrected chi connectivity index (χ0v) is 35.7. The number of nitrogens with one attached hydrogen (secondary N) is 1. The fraction of sp³-hybridized carbons (Fsp3) is 0.459. The predicted octanol–water partition coefficient (Wildman–Crippen LogP) is 4.42. The Labute approximate surface area is 327 Å². The van der Waals surface area contributed by atoms with Crippen LogP contribution < -0.4 is 14.8 Å². The molecule has 18 heteroatoms. The van der Waals surface area contributed by atoms with Crippen LogP contribution >= 0.6 is 11.3 Å². The van der Waals surface area contributed by atoms with Crippen molar-refractivity contribution in [3.63, 3.8) is 0 Å². The van der Waals surface area contributed by atoms with E-state index in [2.05, 4.69) is 4.39 Å². The van der Waals surface area contributed by atoms with E-state index in [1.165, 1.54) is 38.7 Å². The van der Waals surface area contributed by atoms with Gasteiger partial charge in [0.2, 0.25) is 24.5 Å². The minimum absolute atomic E-state index is 0.0245. The number of sulfonamides is 1. The average Bonchev–Trinajstić information content (AvgIpc) is 3.58. The molecule has 1 N–H and O–H groups in total. The van der Waals surface area contributed by atoms with Crippen LogP contribution in [0.1, 0.15) is 80.3 Å². The fourth-order valence-corrected chi connectivity index (χ4v) is 18.9. The van der Waals surface area contributed by atoms with Crippen molar-refractivity contribution in [2.75, 3.05) is 6.54 Å². The number of hydrogen-bond acceptors (Lipinski definition) is 13. The SMILES string of the molecule is CCN(C(=O)OC(C)OC(=O)[C@H](C)OC(=O)[C@H](C)OC(C)=O)[C@H]1C[C@H](C)S(=O)(=O)c2sc(S(=O)(=O)N[Si](c3ccccc3)(c3ccccc3)C(C)(C)C)cc21. The quantitative estimate of drug-likeness (QED) is 0.111. The van der Waals surface area contributed by atoms with E-state index in [1.807, 2.05) is 81.4 Å². The van der Waals surface area contributed by atoms with E-state index in [0.29, 0.717) is 11.3 Å². The fourth-order valence-electron chi connectivity index (χ4n) is 6.52. The summed E-state index contributed by atoms with van der Waals surface area (Å²) < 4.78 is 79.8. The molecule has 1 aliphatic rings. The Hall–Kier alpha value is -4.10. The smallest absolute Gasteiger partial charge is 0.413 e. The number of carbonyl (C=O) groups is 4. The van der Waals surface area contributed by atoms with Gasteiger partial charge in [0.15, 0.2) is 22.0 Å². The van der Waals surface area contributed by atoms with Crippen molar-refractivity contribution >= 4 is 73.8 Å². The van der Waals surface area contributed by atoms with Gasteiger partial charge < -0.3 is 23.8 Å². The zero-order valence-electron chi connectivity index (χ0n) is 32.2. The Morgan fingerprint density at radius 1 is 0.891 bits per heavy atom. The highest BCUT2D eigenvalue weighted by atomic mass is 32.3. The third-order valence-electron chi connectivity index (χ3n) is 9.30. The van der Waals surface area contributed by atoms with E-state index in [9.17, 15) is 36.0 Å². The second kappa shape index (κ2) is 16.9. The molecular weight excluding hydrogens is 789 g/mol. The molecular formula is C37H48N2O12S3Si. The van der Waals surface area contributed by atoms with Gasteiger partial charge in [0.25, 0.3) is 0 Å². The number of carbonyl (C=O) groups excluding carboxylic acids is 4. The molecule has 3 aromatic rings. The van der Waals surface area contributed by atoms with E-state index < -0.39 is 86.9 Å². The molecule has 55 heavy (non-hydrogen) atoms. The Morgan fingerprint density at radius 2 is 1.40 bits per heavy atom. The maximum Gasteiger partial charge on any atom is 0.413 e. The van der Waals surface area contributed by atoms with E-state index in [0.717, 1.165) is 17.3 Å². The van der Waals surface area contributed by atoms with Crippen LogP contribution in [0.25, 0.3) is 0 Å². The molecule has 5 atom stereocenters. The summed E-state index contributed by atoms with van der Waals surface area (Å²) in [5.41, 5.74) is 0.136. The van der Waals surface area contributed by atoms with Gasteiger partial charge in [0, 0.05) is 26.0 Å². The normalized spacial score (nSPS) is 18.5. The number of thiophene rings is 1. The third kappa shape index (κ3) is 9.31. The molecule has 0 aliphatic carbocycles. The number of nitrogens with zero attached hydrogens (tertiary/aromatic N) is 1. The number of amides is 1. The van der Waals surface area contributed by atoms with Gasteiger partial charge in [-0.05, 0) is 55.6 Å². The largest absolute Gasteiger partial charge is 0.451 e. The summed E-state index contributed by atoms with van der Waals surface area (Å²) in [5, 5.41) is 0.0481. The van der Waals surface area contributed by atoms with Crippen LogP contribution in [-0.2, 0) is 53.2 Å². The molecule has 1 unspecified atom stereocenters. The van der Waals surface area contributed by atoms with E-state index in [1.54, 1.807) is 6.92 Å². The van der Waals surface area contributed by atoms with Gasteiger partial charge in [-0.3, -0.25) is 4.79 Å². The van der Waals surface area contributed by atoms with Crippen LogP contribution in [0.15, 0.2) is 75.1 Å². The van der Waals surface area contributed by atoms with Crippen molar-refractivity contribution in [2.24, 2.45) is 0 Å². The first-order chi connectivity index (χ1) is 25.6. The molecule has 4 rings (SSSR count). The molecule has 2 heterocycles. The summed E-state index contributed by atoms with van der Waals surface area (Å²) in [6, 6.07) is 19.1. The van der Waals surface area contributed by atoms with Crippen LogP contribution in [-0.4, -0.2) is 84.3 Å². The van der Waals surface area contributed by atoms with Crippen LogP contribution in [0.3, 0.4) is 0 Å². The molecule has 0 saturated carbocycles. The monoisotopic (exact) mass is 836 g/mol. The summed E-state index contributed by atoms with van der Waals surface area (Å²) in [6.45, 7) is 14.0. The van der Waals surface area contributed by atoms with E-state index in [4.69, 9.17) is 18.9 Å². The lowest BCUT2D eigenvalue weighted by Gasteiger charge is -2.43. The number of ether oxygens (including phenoxy) is 4. The van der Waals surface area contributed by atoms with Crippen molar-refractivity contribution in [1.29, 1.82) is 0 Å². The highest BCUT2D eigenvalue weighted by Gasteiger charge is 2.52. The molecule has 1 aromatic heterocycles. The van der Waals surface area contributed by atoms with Crippen LogP contribution in [0.4, 0.5) is 4.79 Å². The molecule has 0 fully saturated rings. The third-order valence-corrected chi connectivity index (χ3v) is 21.5. The van der Waals surface area contributed by atoms with Gasteiger partial charge in [-0.2, -0.15) is 0 Å². The second-order valence-corrected chi connectivity index (χ2v) is 24.5. The summed E-state index contributed by atoms with van der Waals surface area (Å²) in [5.74, 6) is -2.75. The molecule has 1 aliphatic heterocycles. The van der Waals surface area contributed by atoms with Crippen molar-refractivity contribution < 1.29 is 55.0 Å². The maximum atomic E-state index is 14.6.